The number of rotatable bonds is 3. The minimum Gasteiger partial charge on any atom is -0.465 e. The van der Waals surface area contributed by atoms with E-state index in [1.54, 1.807) is 4.90 Å². The predicted molar refractivity (Wildman–Crippen MR) is 127 cm³/mol. The molecule has 1 amide bonds. The van der Waals surface area contributed by atoms with Crippen molar-refractivity contribution in [1.82, 2.24) is 19.9 Å². The average Bonchev–Trinajstić information content (AvgIpc) is 3.30. The number of halogens is 6. The van der Waals surface area contributed by atoms with Gasteiger partial charge in [0.2, 0.25) is 5.95 Å². The van der Waals surface area contributed by atoms with E-state index in [1.165, 1.54) is 29.3 Å². The molecule has 4 heterocycles. The van der Waals surface area contributed by atoms with Crippen LogP contribution in [0.15, 0.2) is 36.5 Å². The van der Waals surface area contributed by atoms with Gasteiger partial charge in [0.15, 0.2) is 0 Å². The summed E-state index contributed by atoms with van der Waals surface area (Å²) >= 11 is 0. The number of anilines is 2. The number of aromatic nitrogens is 3. The molecule has 1 saturated heterocycles. The predicted octanol–water partition coefficient (Wildman–Crippen LogP) is 5.09. The zero-order chi connectivity index (χ0) is 27.2. The smallest absolute Gasteiger partial charge is 0.419 e. The normalized spacial score (nSPS) is 17.2. The second-order valence-electron chi connectivity index (χ2n) is 9.03. The van der Waals surface area contributed by atoms with E-state index in [-0.39, 0.29) is 62.6 Å². The van der Waals surface area contributed by atoms with Gasteiger partial charge in [-0.3, -0.25) is 0 Å². The Morgan fingerprint density at radius 2 is 1.63 bits per heavy atom. The third-order valence-corrected chi connectivity index (χ3v) is 6.71. The SMILES string of the molecule is O=C(O)N1CC=C(c2cc3nc(N4CCN(c5ncccc5C(F)(F)F)CC4)[nH]c3cc2C(F)(F)F)CC1. The van der Waals surface area contributed by atoms with Crippen molar-refractivity contribution < 1.29 is 36.2 Å². The van der Waals surface area contributed by atoms with Gasteiger partial charge in [0.25, 0.3) is 0 Å². The number of benzene rings is 1. The largest absolute Gasteiger partial charge is 0.465 e. The summed E-state index contributed by atoms with van der Waals surface area (Å²) < 4.78 is 82.0. The van der Waals surface area contributed by atoms with Crippen molar-refractivity contribution in [2.45, 2.75) is 18.8 Å². The Morgan fingerprint density at radius 3 is 2.24 bits per heavy atom. The van der Waals surface area contributed by atoms with Gasteiger partial charge in [-0.25, -0.2) is 14.8 Å². The number of imidazole rings is 1. The van der Waals surface area contributed by atoms with Crippen LogP contribution in [0.25, 0.3) is 16.6 Å². The first-order chi connectivity index (χ1) is 17.9. The minimum absolute atomic E-state index is 0.0115. The highest BCUT2D eigenvalue weighted by molar-refractivity contribution is 5.85. The second kappa shape index (κ2) is 9.40. The summed E-state index contributed by atoms with van der Waals surface area (Å²) in [7, 11) is 0. The molecule has 0 saturated carbocycles. The van der Waals surface area contributed by atoms with Crippen LogP contribution in [0.2, 0.25) is 0 Å². The maximum atomic E-state index is 14.0. The number of carbonyl (C=O) groups is 1. The molecule has 3 aromatic rings. The number of fused-ring (bicyclic) bond motifs is 1. The van der Waals surface area contributed by atoms with E-state index in [4.69, 9.17) is 5.11 Å². The second-order valence-corrected chi connectivity index (χ2v) is 9.03. The Morgan fingerprint density at radius 1 is 0.947 bits per heavy atom. The lowest BCUT2D eigenvalue weighted by molar-refractivity contribution is -0.138. The summed E-state index contributed by atoms with van der Waals surface area (Å²) in [6, 6.07) is 4.54. The van der Waals surface area contributed by atoms with Crippen molar-refractivity contribution in [3.05, 3.63) is 53.2 Å². The molecule has 0 unspecified atom stereocenters. The summed E-state index contributed by atoms with van der Waals surface area (Å²) in [6.45, 7) is 1.05. The number of hydrogen-bond acceptors (Lipinski definition) is 5. The Balaban J connectivity index is 1.40. The zero-order valence-corrected chi connectivity index (χ0v) is 19.8. The van der Waals surface area contributed by atoms with Crippen LogP contribution < -0.4 is 9.80 Å². The molecule has 2 aromatic heterocycles. The Hall–Kier alpha value is -3.97. The molecule has 2 aliphatic heterocycles. The van der Waals surface area contributed by atoms with Gasteiger partial charge in [-0.2, -0.15) is 26.3 Å². The van der Waals surface area contributed by atoms with Gasteiger partial charge in [-0.15, -0.1) is 0 Å². The molecule has 14 heteroatoms. The third kappa shape index (κ3) is 4.94. The molecule has 38 heavy (non-hydrogen) atoms. The molecule has 1 fully saturated rings. The molecule has 2 N–H and O–H groups in total. The number of H-pyrrole nitrogens is 1. The summed E-state index contributed by atoms with van der Waals surface area (Å²) in [5, 5.41) is 9.12. The number of nitrogens with zero attached hydrogens (tertiary/aromatic N) is 5. The fourth-order valence-corrected chi connectivity index (χ4v) is 4.78. The number of pyridine rings is 1. The van der Waals surface area contributed by atoms with E-state index < -0.39 is 29.6 Å². The average molecular weight is 540 g/mol. The maximum absolute atomic E-state index is 14.0. The lowest BCUT2D eigenvalue weighted by Crippen LogP contribution is -2.47. The van der Waals surface area contributed by atoms with Gasteiger partial charge in [0.05, 0.1) is 22.2 Å². The first-order valence-electron chi connectivity index (χ1n) is 11.7. The van der Waals surface area contributed by atoms with Crippen molar-refractivity contribution in [3.63, 3.8) is 0 Å². The van der Waals surface area contributed by atoms with Crippen LogP contribution in [0, 0.1) is 0 Å². The highest BCUT2D eigenvalue weighted by atomic mass is 19.4. The summed E-state index contributed by atoms with van der Waals surface area (Å²) in [5.41, 5.74) is -0.858. The van der Waals surface area contributed by atoms with Gasteiger partial charge in [0.1, 0.15) is 5.82 Å². The Bertz CT molecular complexity index is 1390. The highest BCUT2D eigenvalue weighted by Crippen LogP contribution is 2.39. The molecular formula is C24H22F6N6O2. The number of alkyl halides is 6. The van der Waals surface area contributed by atoms with Crippen molar-refractivity contribution in [2.24, 2.45) is 0 Å². The molecule has 0 radical (unpaired) electrons. The van der Waals surface area contributed by atoms with Crippen molar-refractivity contribution >= 4 is 34.5 Å². The fraction of sp³-hybridized carbons (Fsp3) is 0.375. The number of hydrogen-bond donors (Lipinski definition) is 2. The van der Waals surface area contributed by atoms with E-state index in [9.17, 15) is 31.1 Å². The standard InChI is InChI=1S/C24H22F6N6O2/c25-23(26,27)16-2-1-5-31-20(16)34-8-10-35(11-9-34)21-32-18-12-15(14-3-6-36(7-4-14)22(37)38)17(24(28,29)30)13-19(18)33-21/h1-3,5,12-13H,4,6-11H2,(H,32,33)(H,37,38). The number of aromatic amines is 1. The lowest BCUT2D eigenvalue weighted by atomic mass is 9.94. The molecule has 0 bridgehead atoms. The summed E-state index contributed by atoms with van der Waals surface area (Å²) in [5.74, 6) is 0.155. The molecule has 8 nitrogen and oxygen atoms in total. The van der Waals surface area contributed by atoms with Crippen LogP contribution in [-0.4, -0.2) is 70.3 Å². The van der Waals surface area contributed by atoms with E-state index in [1.807, 2.05) is 0 Å². The Kier molecular flexibility index (Phi) is 6.35. The van der Waals surface area contributed by atoms with Gasteiger partial charge in [0, 0.05) is 45.5 Å². The molecular weight excluding hydrogens is 518 g/mol. The topological polar surface area (TPSA) is 88.6 Å². The van der Waals surface area contributed by atoms with Crippen LogP contribution in [0.4, 0.5) is 42.9 Å². The van der Waals surface area contributed by atoms with Gasteiger partial charge in [-0.1, -0.05) is 6.08 Å². The molecule has 0 spiro atoms. The van der Waals surface area contributed by atoms with Gasteiger partial charge in [-0.05, 0) is 41.8 Å². The van der Waals surface area contributed by atoms with E-state index in [0.717, 1.165) is 17.0 Å². The van der Waals surface area contributed by atoms with Gasteiger partial charge < -0.3 is 24.8 Å². The zero-order valence-electron chi connectivity index (χ0n) is 19.8. The van der Waals surface area contributed by atoms with Crippen LogP contribution in [0.5, 0.6) is 0 Å². The van der Waals surface area contributed by atoms with Crippen LogP contribution in [0.3, 0.4) is 0 Å². The molecule has 2 aliphatic rings. The van der Waals surface area contributed by atoms with E-state index in [2.05, 4.69) is 15.0 Å². The highest BCUT2D eigenvalue weighted by Gasteiger charge is 2.37. The van der Waals surface area contributed by atoms with Crippen LogP contribution >= 0.6 is 0 Å². The van der Waals surface area contributed by atoms with Crippen molar-refractivity contribution in [1.29, 1.82) is 0 Å². The fourth-order valence-electron chi connectivity index (χ4n) is 4.78. The lowest BCUT2D eigenvalue weighted by Gasteiger charge is -2.36. The van der Waals surface area contributed by atoms with Crippen molar-refractivity contribution in [3.8, 4) is 0 Å². The first kappa shape index (κ1) is 25.7. The third-order valence-electron chi connectivity index (χ3n) is 6.71. The summed E-state index contributed by atoms with van der Waals surface area (Å²) in [6.07, 6.45) is -7.42. The van der Waals surface area contributed by atoms with Gasteiger partial charge >= 0.3 is 18.4 Å². The van der Waals surface area contributed by atoms with E-state index in [0.29, 0.717) is 17.0 Å². The molecule has 5 rings (SSSR count). The summed E-state index contributed by atoms with van der Waals surface area (Å²) in [4.78, 5) is 26.9. The molecule has 1 aromatic carbocycles. The molecule has 0 atom stereocenters. The maximum Gasteiger partial charge on any atom is 0.419 e. The Labute approximate surface area is 212 Å². The number of carboxylic acid groups (broad SMARTS) is 1. The van der Waals surface area contributed by atoms with Crippen molar-refractivity contribution in [2.75, 3.05) is 49.1 Å². The number of piperazine rings is 1. The quantitative estimate of drug-likeness (QED) is 0.450. The number of amides is 1. The minimum atomic E-state index is -4.65. The molecule has 0 aliphatic carbocycles. The first-order valence-corrected chi connectivity index (χ1v) is 11.7. The van der Waals surface area contributed by atoms with E-state index >= 15 is 0 Å². The van der Waals surface area contributed by atoms with Crippen LogP contribution in [-0.2, 0) is 12.4 Å². The number of nitrogens with one attached hydrogen (secondary N) is 1. The van der Waals surface area contributed by atoms with Crippen LogP contribution in [0.1, 0.15) is 23.1 Å². The monoisotopic (exact) mass is 540 g/mol. The molecule has 202 valence electrons.